The van der Waals surface area contributed by atoms with Gasteiger partial charge in [0.25, 0.3) is 5.91 Å². The number of methoxy groups -OCH3 is 2. The summed E-state index contributed by atoms with van der Waals surface area (Å²) >= 11 is 3.43. The van der Waals surface area contributed by atoms with E-state index in [9.17, 15) is 4.79 Å². The first-order valence-corrected chi connectivity index (χ1v) is 7.62. The number of nitrogens with one attached hydrogen (secondary N) is 1. The molecule has 0 aliphatic carbocycles. The van der Waals surface area contributed by atoms with Crippen LogP contribution < -0.4 is 14.8 Å². The lowest BCUT2D eigenvalue weighted by Crippen LogP contribution is -2.26. The fourth-order valence-electron chi connectivity index (χ4n) is 2.08. The van der Waals surface area contributed by atoms with Crippen LogP contribution in [0.25, 0.3) is 0 Å². The molecule has 0 spiro atoms. The van der Waals surface area contributed by atoms with E-state index < -0.39 is 0 Å². The fraction of sp³-hybridized carbons (Fsp3) is 0.235. The molecule has 1 N–H and O–H groups in total. The second kappa shape index (κ2) is 7.31. The number of benzene rings is 2. The predicted molar refractivity (Wildman–Crippen MR) is 89.6 cm³/mol. The molecular formula is C17H18BrNO3. The Morgan fingerprint density at radius 3 is 2.27 bits per heavy atom. The maximum absolute atomic E-state index is 12.4. The Labute approximate surface area is 138 Å². The predicted octanol–water partition coefficient (Wildman–Crippen LogP) is 3.96. The third kappa shape index (κ3) is 4.01. The minimum absolute atomic E-state index is 0.109. The van der Waals surface area contributed by atoms with E-state index in [4.69, 9.17) is 9.47 Å². The molecule has 2 rings (SSSR count). The van der Waals surface area contributed by atoms with E-state index in [1.165, 1.54) is 0 Å². The normalized spacial score (nSPS) is 11.6. The van der Waals surface area contributed by atoms with Crippen LogP contribution in [0.15, 0.2) is 46.9 Å². The number of carbonyl (C=O) groups is 1. The number of carbonyl (C=O) groups excluding carboxylic acids is 1. The van der Waals surface area contributed by atoms with Gasteiger partial charge in [-0.1, -0.05) is 28.1 Å². The molecular weight excluding hydrogens is 346 g/mol. The van der Waals surface area contributed by atoms with Gasteiger partial charge in [-0.2, -0.15) is 0 Å². The summed E-state index contributed by atoms with van der Waals surface area (Å²) in [5.41, 5.74) is 1.52. The van der Waals surface area contributed by atoms with Crippen molar-refractivity contribution in [3.63, 3.8) is 0 Å². The summed E-state index contributed by atoms with van der Waals surface area (Å²) < 4.78 is 11.4. The number of amides is 1. The zero-order valence-corrected chi connectivity index (χ0v) is 14.3. The zero-order valence-electron chi connectivity index (χ0n) is 12.7. The molecule has 0 aliphatic rings. The van der Waals surface area contributed by atoms with E-state index in [-0.39, 0.29) is 11.9 Å². The minimum Gasteiger partial charge on any atom is -0.497 e. The summed E-state index contributed by atoms with van der Waals surface area (Å²) in [6.07, 6.45) is 0. The van der Waals surface area contributed by atoms with Gasteiger partial charge in [-0.05, 0) is 36.8 Å². The van der Waals surface area contributed by atoms with Crippen LogP contribution in [0.5, 0.6) is 11.5 Å². The number of ether oxygens (including phenoxy) is 2. The molecule has 1 atom stereocenters. The summed E-state index contributed by atoms with van der Waals surface area (Å²) in [6, 6.07) is 12.8. The molecule has 5 heteroatoms. The fourth-order valence-corrected chi connectivity index (χ4v) is 2.49. The van der Waals surface area contributed by atoms with Crippen LogP contribution in [-0.2, 0) is 0 Å². The van der Waals surface area contributed by atoms with Gasteiger partial charge in [0.15, 0.2) is 0 Å². The van der Waals surface area contributed by atoms with Gasteiger partial charge in [0, 0.05) is 16.1 Å². The van der Waals surface area contributed by atoms with Crippen LogP contribution in [0.4, 0.5) is 0 Å². The van der Waals surface area contributed by atoms with E-state index in [1.54, 1.807) is 32.4 Å². The molecule has 0 aromatic heterocycles. The lowest BCUT2D eigenvalue weighted by molar-refractivity contribution is 0.0939. The number of rotatable bonds is 5. The average Bonchev–Trinajstić information content (AvgIpc) is 2.54. The Morgan fingerprint density at radius 1 is 1.09 bits per heavy atom. The standard InChI is InChI=1S/C17H18BrNO3/c1-11(12-5-4-6-14(18)7-12)19-17(20)13-8-15(21-2)10-16(9-13)22-3/h4-11H,1-3H3,(H,19,20)/t11-/m1/s1. The molecule has 0 saturated heterocycles. The van der Waals surface area contributed by atoms with Crippen molar-refractivity contribution in [2.45, 2.75) is 13.0 Å². The smallest absolute Gasteiger partial charge is 0.252 e. The lowest BCUT2D eigenvalue weighted by Gasteiger charge is -2.15. The maximum atomic E-state index is 12.4. The van der Waals surface area contributed by atoms with Crippen LogP contribution in [0.1, 0.15) is 28.9 Å². The minimum atomic E-state index is -0.176. The Bertz CT molecular complexity index is 650. The number of halogens is 1. The van der Waals surface area contributed by atoms with Gasteiger partial charge in [-0.15, -0.1) is 0 Å². The topological polar surface area (TPSA) is 47.6 Å². The van der Waals surface area contributed by atoms with Gasteiger partial charge >= 0.3 is 0 Å². The summed E-state index contributed by atoms with van der Waals surface area (Å²) in [5, 5.41) is 2.97. The van der Waals surface area contributed by atoms with E-state index in [2.05, 4.69) is 21.2 Å². The van der Waals surface area contributed by atoms with Gasteiger partial charge < -0.3 is 14.8 Å². The van der Waals surface area contributed by atoms with Crippen LogP contribution in [0.3, 0.4) is 0 Å². The molecule has 0 unspecified atom stereocenters. The highest BCUT2D eigenvalue weighted by molar-refractivity contribution is 9.10. The van der Waals surface area contributed by atoms with E-state index >= 15 is 0 Å². The molecule has 0 bridgehead atoms. The van der Waals surface area contributed by atoms with Crippen molar-refractivity contribution in [2.24, 2.45) is 0 Å². The maximum Gasteiger partial charge on any atom is 0.252 e. The second-order valence-corrected chi connectivity index (χ2v) is 5.77. The molecule has 0 radical (unpaired) electrons. The van der Waals surface area contributed by atoms with Gasteiger partial charge in [-0.25, -0.2) is 0 Å². The third-order valence-corrected chi connectivity index (χ3v) is 3.80. The van der Waals surface area contributed by atoms with E-state index in [0.29, 0.717) is 17.1 Å². The van der Waals surface area contributed by atoms with Crippen molar-refractivity contribution < 1.29 is 14.3 Å². The molecule has 1 amide bonds. The van der Waals surface area contributed by atoms with Crippen molar-refractivity contribution in [2.75, 3.05) is 14.2 Å². The molecule has 4 nitrogen and oxygen atoms in total. The largest absolute Gasteiger partial charge is 0.497 e. The first-order valence-electron chi connectivity index (χ1n) is 6.83. The molecule has 22 heavy (non-hydrogen) atoms. The summed E-state index contributed by atoms with van der Waals surface area (Å²) in [5.74, 6) is 0.990. The highest BCUT2D eigenvalue weighted by Gasteiger charge is 2.14. The molecule has 2 aromatic rings. The van der Waals surface area contributed by atoms with Gasteiger partial charge in [0.1, 0.15) is 11.5 Å². The summed E-state index contributed by atoms with van der Waals surface area (Å²) in [6.45, 7) is 1.94. The van der Waals surface area contributed by atoms with Gasteiger partial charge in [-0.3, -0.25) is 4.79 Å². The lowest BCUT2D eigenvalue weighted by atomic mass is 10.1. The first kappa shape index (κ1) is 16.4. The van der Waals surface area contributed by atoms with Crippen LogP contribution >= 0.6 is 15.9 Å². The Morgan fingerprint density at radius 2 is 1.73 bits per heavy atom. The molecule has 2 aromatic carbocycles. The van der Waals surface area contributed by atoms with Crippen LogP contribution in [-0.4, -0.2) is 20.1 Å². The number of hydrogen-bond acceptors (Lipinski definition) is 3. The molecule has 0 heterocycles. The van der Waals surface area contributed by atoms with Crippen molar-refractivity contribution in [1.82, 2.24) is 5.32 Å². The first-order chi connectivity index (χ1) is 10.5. The van der Waals surface area contributed by atoms with Crippen molar-refractivity contribution in [3.05, 3.63) is 58.1 Å². The van der Waals surface area contributed by atoms with Gasteiger partial charge in [0.05, 0.1) is 20.3 Å². The highest BCUT2D eigenvalue weighted by Crippen LogP contribution is 2.23. The van der Waals surface area contributed by atoms with Crippen molar-refractivity contribution in [3.8, 4) is 11.5 Å². The van der Waals surface area contributed by atoms with Crippen LogP contribution in [0.2, 0.25) is 0 Å². The Kier molecular flexibility index (Phi) is 5.44. The highest BCUT2D eigenvalue weighted by atomic mass is 79.9. The van der Waals surface area contributed by atoms with Gasteiger partial charge in [0.2, 0.25) is 0 Å². The summed E-state index contributed by atoms with van der Waals surface area (Å²) in [7, 11) is 3.11. The second-order valence-electron chi connectivity index (χ2n) is 4.85. The SMILES string of the molecule is COc1cc(OC)cc(C(=O)N[C@H](C)c2cccc(Br)c2)c1. The Hall–Kier alpha value is -2.01. The molecule has 0 saturated carbocycles. The van der Waals surface area contributed by atoms with Crippen molar-refractivity contribution in [1.29, 1.82) is 0 Å². The molecule has 0 fully saturated rings. The third-order valence-electron chi connectivity index (χ3n) is 3.31. The number of hydrogen-bond donors (Lipinski definition) is 1. The van der Waals surface area contributed by atoms with E-state index in [1.807, 2.05) is 31.2 Å². The Balaban J connectivity index is 2.18. The average molecular weight is 364 g/mol. The zero-order chi connectivity index (χ0) is 16.1. The van der Waals surface area contributed by atoms with E-state index in [0.717, 1.165) is 10.0 Å². The quantitative estimate of drug-likeness (QED) is 0.874. The monoisotopic (exact) mass is 363 g/mol. The van der Waals surface area contributed by atoms with Crippen LogP contribution in [0, 0.1) is 0 Å². The molecule has 116 valence electrons. The van der Waals surface area contributed by atoms with Crippen molar-refractivity contribution >= 4 is 21.8 Å². The molecule has 0 aliphatic heterocycles. The summed E-state index contributed by atoms with van der Waals surface area (Å²) in [4.78, 5) is 12.4.